The van der Waals surface area contributed by atoms with E-state index in [9.17, 15) is 10.1 Å². The normalized spacial score (nSPS) is 14.9. The summed E-state index contributed by atoms with van der Waals surface area (Å²) in [6.45, 7) is 0. The van der Waals surface area contributed by atoms with Crippen LogP contribution in [0.5, 0.6) is 0 Å². The molecule has 1 aromatic carbocycles. The summed E-state index contributed by atoms with van der Waals surface area (Å²) in [4.78, 5) is 10.2. The van der Waals surface area contributed by atoms with Gasteiger partial charge in [-0.15, -0.1) is 0 Å². The van der Waals surface area contributed by atoms with E-state index in [0.29, 0.717) is 0 Å². The summed E-state index contributed by atoms with van der Waals surface area (Å²) in [5.74, 6) is 0. The number of nitrogens with zero attached hydrogens (tertiary/aromatic N) is 1. The molecule has 0 saturated carbocycles. The second-order valence-corrected chi connectivity index (χ2v) is 3.87. The van der Waals surface area contributed by atoms with Crippen LogP contribution in [0.3, 0.4) is 0 Å². The van der Waals surface area contributed by atoms with Crippen molar-refractivity contribution >= 4 is 11.8 Å². The lowest BCUT2D eigenvalue weighted by molar-refractivity contribution is -0.384. The molecule has 17 heavy (non-hydrogen) atoms. The number of non-ortho nitro benzene ring substituents is 1. The van der Waals surface area contributed by atoms with Gasteiger partial charge in [0.25, 0.3) is 5.69 Å². The molecule has 0 unspecified atom stereocenters. The summed E-state index contributed by atoms with van der Waals surface area (Å²) in [7, 11) is 0. The summed E-state index contributed by atoms with van der Waals surface area (Å²) in [6, 6.07) is 6.63. The molecule has 2 rings (SSSR count). The van der Waals surface area contributed by atoms with E-state index >= 15 is 0 Å². The van der Waals surface area contributed by atoms with E-state index in [1.54, 1.807) is 12.1 Å². The van der Waals surface area contributed by atoms with Gasteiger partial charge < -0.3 is 0 Å². The van der Waals surface area contributed by atoms with Crippen LogP contribution in [0.2, 0.25) is 0 Å². The van der Waals surface area contributed by atoms with Crippen molar-refractivity contribution in [1.82, 2.24) is 0 Å². The highest BCUT2D eigenvalue weighted by Gasteiger charge is 2.03. The minimum absolute atomic E-state index is 0.125. The highest BCUT2D eigenvalue weighted by molar-refractivity contribution is 5.57. The number of benzene rings is 1. The van der Waals surface area contributed by atoms with Gasteiger partial charge in [0.1, 0.15) is 0 Å². The van der Waals surface area contributed by atoms with Gasteiger partial charge in [-0.25, -0.2) is 0 Å². The summed E-state index contributed by atoms with van der Waals surface area (Å²) in [5.41, 5.74) is 2.13. The maximum absolute atomic E-state index is 10.6. The van der Waals surface area contributed by atoms with Crippen molar-refractivity contribution in [3.8, 4) is 0 Å². The van der Waals surface area contributed by atoms with E-state index in [0.717, 1.165) is 24.0 Å². The second kappa shape index (κ2) is 5.25. The quantitative estimate of drug-likeness (QED) is 0.580. The molecular weight excluding hydrogens is 214 g/mol. The topological polar surface area (TPSA) is 43.1 Å². The van der Waals surface area contributed by atoms with Gasteiger partial charge in [0.2, 0.25) is 0 Å². The Hall–Kier alpha value is -2.16. The van der Waals surface area contributed by atoms with Crippen molar-refractivity contribution in [1.29, 1.82) is 0 Å². The third-order valence-corrected chi connectivity index (χ3v) is 2.57. The number of hydrogen-bond donors (Lipinski definition) is 0. The molecule has 1 aliphatic carbocycles. The lowest BCUT2D eigenvalue weighted by Gasteiger charge is -2.00. The van der Waals surface area contributed by atoms with E-state index < -0.39 is 0 Å². The van der Waals surface area contributed by atoms with Crippen LogP contribution < -0.4 is 0 Å². The van der Waals surface area contributed by atoms with E-state index in [-0.39, 0.29) is 10.6 Å². The molecule has 0 radical (unpaired) electrons. The van der Waals surface area contributed by atoms with Crippen molar-refractivity contribution in [2.24, 2.45) is 0 Å². The molecule has 0 amide bonds. The van der Waals surface area contributed by atoms with Crippen molar-refractivity contribution < 1.29 is 4.92 Å². The van der Waals surface area contributed by atoms with Gasteiger partial charge in [0, 0.05) is 12.1 Å². The predicted octanol–water partition coefficient (Wildman–Crippen LogP) is 3.88. The Morgan fingerprint density at radius 1 is 1.24 bits per heavy atom. The smallest absolute Gasteiger partial charge is 0.258 e. The van der Waals surface area contributed by atoms with E-state index in [2.05, 4.69) is 18.2 Å². The Bertz CT molecular complexity index is 513. The van der Waals surface area contributed by atoms with Crippen LogP contribution in [0.25, 0.3) is 6.08 Å². The van der Waals surface area contributed by atoms with Gasteiger partial charge >= 0.3 is 0 Å². The van der Waals surface area contributed by atoms with E-state index in [1.807, 2.05) is 18.2 Å². The average molecular weight is 227 g/mol. The zero-order chi connectivity index (χ0) is 12.1. The highest BCUT2D eigenvalue weighted by Crippen LogP contribution is 2.16. The van der Waals surface area contributed by atoms with Crippen LogP contribution in [0.15, 0.2) is 54.1 Å². The summed E-state index contributed by atoms with van der Waals surface area (Å²) in [5, 5.41) is 10.6. The largest absolute Gasteiger partial charge is 0.270 e. The number of hydrogen-bond acceptors (Lipinski definition) is 2. The first-order chi connectivity index (χ1) is 8.25. The first-order valence-electron chi connectivity index (χ1n) is 5.55. The SMILES string of the molecule is O=[N+]([O-])c1cccc(C=CC2=CCCC=C2)c1. The first-order valence-corrected chi connectivity index (χ1v) is 5.55. The number of nitro groups is 1. The summed E-state index contributed by atoms with van der Waals surface area (Å²) in [6.07, 6.45) is 12.4. The van der Waals surface area contributed by atoms with Crippen molar-refractivity contribution in [2.45, 2.75) is 12.8 Å². The van der Waals surface area contributed by atoms with Gasteiger partial charge in [0.15, 0.2) is 0 Å². The van der Waals surface area contributed by atoms with Crippen LogP contribution >= 0.6 is 0 Å². The Morgan fingerprint density at radius 3 is 2.82 bits per heavy atom. The molecule has 0 bridgehead atoms. The van der Waals surface area contributed by atoms with Crippen LogP contribution in [-0.2, 0) is 0 Å². The van der Waals surface area contributed by atoms with Gasteiger partial charge in [-0.1, -0.05) is 42.5 Å². The molecule has 1 aromatic rings. The molecule has 0 aliphatic heterocycles. The minimum atomic E-state index is -0.378. The Labute approximate surface area is 99.9 Å². The Morgan fingerprint density at radius 2 is 2.12 bits per heavy atom. The zero-order valence-corrected chi connectivity index (χ0v) is 9.37. The fourth-order valence-corrected chi connectivity index (χ4v) is 1.69. The van der Waals surface area contributed by atoms with Gasteiger partial charge in [-0.05, 0) is 24.0 Å². The third-order valence-electron chi connectivity index (χ3n) is 2.57. The first kappa shape index (κ1) is 11.3. The molecule has 0 aromatic heterocycles. The lowest BCUT2D eigenvalue weighted by atomic mass is 10.1. The van der Waals surface area contributed by atoms with Crippen LogP contribution in [0.1, 0.15) is 18.4 Å². The molecule has 0 saturated heterocycles. The Balaban J connectivity index is 2.15. The molecule has 0 N–H and O–H groups in total. The summed E-state index contributed by atoms with van der Waals surface area (Å²) < 4.78 is 0. The van der Waals surface area contributed by atoms with E-state index in [1.165, 1.54) is 6.07 Å². The molecule has 0 spiro atoms. The number of allylic oxidation sites excluding steroid dienone is 5. The molecule has 3 heteroatoms. The minimum Gasteiger partial charge on any atom is -0.258 e. The molecule has 86 valence electrons. The maximum Gasteiger partial charge on any atom is 0.270 e. The van der Waals surface area contributed by atoms with E-state index in [4.69, 9.17) is 0 Å². The predicted molar refractivity (Wildman–Crippen MR) is 68.6 cm³/mol. The maximum atomic E-state index is 10.6. The van der Waals surface area contributed by atoms with Crippen molar-refractivity contribution in [2.75, 3.05) is 0 Å². The van der Waals surface area contributed by atoms with Gasteiger partial charge in [0.05, 0.1) is 4.92 Å². The number of rotatable bonds is 3. The molecule has 0 heterocycles. The third kappa shape index (κ3) is 3.14. The monoisotopic (exact) mass is 227 g/mol. The molecular formula is C14H13NO2. The fourth-order valence-electron chi connectivity index (χ4n) is 1.69. The fraction of sp³-hybridized carbons (Fsp3) is 0.143. The van der Waals surface area contributed by atoms with Crippen LogP contribution in [0.4, 0.5) is 5.69 Å². The summed E-state index contributed by atoms with van der Waals surface area (Å²) >= 11 is 0. The van der Waals surface area contributed by atoms with Crippen LogP contribution in [-0.4, -0.2) is 4.92 Å². The number of nitro benzene ring substituents is 1. The van der Waals surface area contributed by atoms with Crippen molar-refractivity contribution in [3.05, 3.63) is 69.8 Å². The van der Waals surface area contributed by atoms with Crippen molar-refractivity contribution in [3.63, 3.8) is 0 Å². The highest BCUT2D eigenvalue weighted by atomic mass is 16.6. The van der Waals surface area contributed by atoms with Crippen LogP contribution in [0, 0.1) is 10.1 Å². The molecule has 0 atom stereocenters. The molecule has 1 aliphatic rings. The molecule has 3 nitrogen and oxygen atoms in total. The molecule has 0 fully saturated rings. The lowest BCUT2D eigenvalue weighted by Crippen LogP contribution is -1.87. The average Bonchev–Trinajstić information content (AvgIpc) is 2.38. The zero-order valence-electron chi connectivity index (χ0n) is 9.37. The van der Waals surface area contributed by atoms with Gasteiger partial charge in [-0.3, -0.25) is 10.1 Å². The standard InChI is InChI=1S/C14H13NO2/c16-15(17)14-8-4-7-13(11-14)10-9-12-5-2-1-3-6-12/h2,4-11H,1,3H2. The van der Waals surface area contributed by atoms with Gasteiger partial charge in [-0.2, -0.15) is 0 Å². The second-order valence-electron chi connectivity index (χ2n) is 3.87. The Kier molecular flexibility index (Phi) is 3.50.